The molecule has 0 aliphatic rings. The van der Waals surface area contributed by atoms with Gasteiger partial charge in [-0.3, -0.25) is 0 Å². The molecule has 0 unspecified atom stereocenters. The van der Waals surface area contributed by atoms with Gasteiger partial charge in [-0.1, -0.05) is 355 Å². The van der Waals surface area contributed by atoms with Crippen LogP contribution in [0, 0.1) is 0 Å². The van der Waals surface area contributed by atoms with E-state index in [2.05, 4.69) is 262 Å². The lowest BCUT2D eigenvalue weighted by Crippen LogP contribution is -2.01. The van der Waals surface area contributed by atoms with Crippen molar-refractivity contribution in [3.8, 4) is 113 Å². The van der Waals surface area contributed by atoms with Crippen molar-refractivity contribution in [2.75, 3.05) is 0 Å². The molecule has 0 atom stereocenters. The molecule has 0 aliphatic heterocycles. The molecule has 12 heteroatoms. The first-order valence-corrected chi connectivity index (χ1v) is 36.8. The Morgan fingerprint density at radius 3 is 0.936 bits per heavy atom. The molecule has 10 nitrogen and oxygen atoms in total. The van der Waals surface area contributed by atoms with Gasteiger partial charge in [0.05, 0.1) is 22.1 Å². The monoisotopic (exact) mass is 1480 g/mol. The summed E-state index contributed by atoms with van der Waals surface area (Å²) in [6.45, 7) is 0. The molecular formula is C98H68BBrN8O2. The van der Waals surface area contributed by atoms with Gasteiger partial charge in [-0.25, -0.2) is 29.9 Å². The van der Waals surface area contributed by atoms with Crippen LogP contribution >= 0.6 is 15.9 Å². The van der Waals surface area contributed by atoms with Crippen LogP contribution < -0.4 is 5.46 Å². The van der Waals surface area contributed by atoms with Crippen LogP contribution in [-0.2, 0) is 0 Å². The Bertz CT molecular complexity index is 6560. The summed E-state index contributed by atoms with van der Waals surface area (Å²) in [4.78, 5) is 29.8. The van der Waals surface area contributed by atoms with Gasteiger partial charge in [0.15, 0.2) is 34.9 Å². The molecule has 20 aromatic rings. The summed E-state index contributed by atoms with van der Waals surface area (Å²) in [5.74, 6) is 3.91. The Morgan fingerprint density at radius 2 is 0.518 bits per heavy atom. The van der Waals surface area contributed by atoms with Gasteiger partial charge in [-0.15, -0.1) is 0 Å². The van der Waals surface area contributed by atoms with E-state index in [0.717, 1.165) is 87.2 Å². The zero-order valence-electron chi connectivity index (χ0n) is 59.5. The number of hydrogen-bond donors (Lipinski definition) is 0. The number of nitrogens with zero attached hydrogens (tertiary/aromatic N) is 8. The fraction of sp³-hybridized carbons (Fsp3) is 0. The molecule has 2 radical (unpaired) electrons. The van der Waals surface area contributed by atoms with E-state index >= 15 is 0 Å². The molecule has 4 N–H and O–H groups in total. The predicted octanol–water partition coefficient (Wildman–Crippen LogP) is 22.8. The van der Waals surface area contributed by atoms with Gasteiger partial charge in [-0.05, 0) is 110 Å². The van der Waals surface area contributed by atoms with Crippen LogP contribution in [0.1, 0.15) is 0 Å². The zero-order valence-corrected chi connectivity index (χ0v) is 61.1. The first kappa shape index (κ1) is 70.4. The molecule has 0 bridgehead atoms. The number of aromatic nitrogens is 8. The van der Waals surface area contributed by atoms with Gasteiger partial charge in [0.25, 0.3) is 0 Å². The second-order valence-electron chi connectivity index (χ2n) is 26.5. The highest BCUT2D eigenvalue weighted by Gasteiger charge is 2.22. The molecule has 0 amide bonds. The lowest BCUT2D eigenvalue weighted by atomic mass is 9.92. The van der Waals surface area contributed by atoms with E-state index in [9.17, 15) is 0 Å². The van der Waals surface area contributed by atoms with E-state index in [1.165, 1.54) is 66.0 Å². The van der Waals surface area contributed by atoms with E-state index in [0.29, 0.717) is 34.9 Å². The van der Waals surface area contributed by atoms with Crippen LogP contribution in [0.5, 0.6) is 0 Å². The molecule has 0 aliphatic carbocycles. The molecule has 522 valence electrons. The SMILES string of the molecule is Brc1ccc2ccccc2c1-c1nc(-c2ccccc2)nc(-c2ccccc2)n1.O.O.[B]c1ccc(-c2ccc3c4ccccc4n(-c4ccccc4)c3c2)cc1.c1ccc(-c2nc(-c3ccccc3)nc(-c3c(-c4ccc(-c5ccc6c7ccccc7n(-c7ccccc7)c6c5)cc4)ccc4ccccc34)n2)cc1. The highest BCUT2D eigenvalue weighted by atomic mass is 79.9. The molecule has 0 fully saturated rings. The van der Waals surface area contributed by atoms with Crippen molar-refractivity contribution in [1.82, 2.24) is 39.0 Å². The highest BCUT2D eigenvalue weighted by molar-refractivity contribution is 9.10. The van der Waals surface area contributed by atoms with Gasteiger partial charge in [0, 0.05) is 70.8 Å². The molecular weight excluding hydrogens is 1410 g/mol. The van der Waals surface area contributed by atoms with Crippen LogP contribution in [0.25, 0.3) is 178 Å². The normalized spacial score (nSPS) is 11.0. The highest BCUT2D eigenvalue weighted by Crippen LogP contribution is 2.42. The fourth-order valence-corrected chi connectivity index (χ4v) is 15.1. The number of hydrogen-bond acceptors (Lipinski definition) is 6. The average Bonchev–Trinajstić information content (AvgIpc) is 1.55. The summed E-state index contributed by atoms with van der Waals surface area (Å²) in [6, 6.07) is 134. The maximum absolute atomic E-state index is 5.84. The molecule has 20 rings (SSSR count). The van der Waals surface area contributed by atoms with Gasteiger partial charge in [0.2, 0.25) is 0 Å². The molecule has 0 saturated carbocycles. The zero-order chi connectivity index (χ0) is 72.3. The number of para-hydroxylation sites is 4. The van der Waals surface area contributed by atoms with Crippen molar-refractivity contribution >= 4 is 94.4 Å². The number of rotatable bonds is 11. The smallest absolute Gasteiger partial charge is 0.165 e. The first-order chi connectivity index (χ1) is 53.4. The second kappa shape index (κ2) is 31.3. The van der Waals surface area contributed by atoms with Crippen molar-refractivity contribution < 1.29 is 11.0 Å². The van der Waals surface area contributed by atoms with Crippen LogP contribution in [0.15, 0.2) is 393 Å². The Kier molecular flexibility index (Phi) is 20.0. The Balaban J connectivity index is 0.000000136. The lowest BCUT2D eigenvalue weighted by molar-refractivity contribution is 0.823. The maximum atomic E-state index is 5.84. The molecule has 16 aromatic carbocycles. The number of halogens is 1. The molecule has 110 heavy (non-hydrogen) atoms. The third kappa shape index (κ3) is 13.9. The minimum atomic E-state index is 0. The van der Waals surface area contributed by atoms with E-state index < -0.39 is 0 Å². The molecule has 4 heterocycles. The second-order valence-corrected chi connectivity index (χ2v) is 27.3. The first-order valence-electron chi connectivity index (χ1n) is 36.0. The summed E-state index contributed by atoms with van der Waals surface area (Å²) < 4.78 is 5.66. The van der Waals surface area contributed by atoms with E-state index in [1.54, 1.807) is 0 Å². The fourth-order valence-electron chi connectivity index (χ4n) is 14.6. The lowest BCUT2D eigenvalue weighted by Gasteiger charge is -2.15. The van der Waals surface area contributed by atoms with Crippen molar-refractivity contribution in [2.45, 2.75) is 0 Å². The third-order valence-corrected chi connectivity index (χ3v) is 20.5. The molecule has 0 saturated heterocycles. The van der Waals surface area contributed by atoms with E-state index in [4.69, 9.17) is 37.8 Å². The van der Waals surface area contributed by atoms with Crippen molar-refractivity contribution in [3.63, 3.8) is 0 Å². The van der Waals surface area contributed by atoms with Gasteiger partial charge in [0.1, 0.15) is 7.85 Å². The van der Waals surface area contributed by atoms with Gasteiger partial charge < -0.3 is 20.1 Å². The van der Waals surface area contributed by atoms with Crippen LogP contribution in [-0.4, -0.2) is 57.8 Å². The van der Waals surface area contributed by atoms with Gasteiger partial charge >= 0.3 is 0 Å². The summed E-state index contributed by atoms with van der Waals surface area (Å²) in [7, 11) is 5.84. The topological polar surface area (TPSA) is 150 Å². The standard InChI is InChI=1S/C49H32N4.C25H16BrN3.C24H16BN.2H2O/c1-4-15-36(16-5-1)47-50-48(37-17-6-2-7-18-37)52-49(51-47)46-40-21-11-10-14-34(40)28-30-41(46)35-26-24-33(25-27-35)38-29-31-43-42-22-12-13-23-44(42)53(45(43)32-38)39-19-8-3-9-20-39;26-21-16-15-17-9-7-8-14-20(17)22(21)25-28-23(18-10-3-1-4-11-18)27-24(29-25)19-12-5-2-6-13-19;25-19-13-10-17(11-14-19)18-12-15-22-21-8-4-5-9-23(21)26(24(22)16-18)20-6-2-1-3-7-20;;/h1-32H;1-16H;1-16H;2*1H2. The largest absolute Gasteiger partial charge is 0.412 e. The van der Waals surface area contributed by atoms with E-state index in [1.807, 2.05) is 152 Å². The Morgan fingerprint density at radius 1 is 0.218 bits per heavy atom. The maximum Gasteiger partial charge on any atom is 0.165 e. The quantitative estimate of drug-likeness (QED) is 0.118. The third-order valence-electron chi connectivity index (χ3n) is 19.8. The van der Waals surface area contributed by atoms with Crippen LogP contribution in [0.4, 0.5) is 0 Å². The number of benzene rings is 16. The summed E-state index contributed by atoms with van der Waals surface area (Å²) in [6.07, 6.45) is 0. The van der Waals surface area contributed by atoms with E-state index in [-0.39, 0.29) is 11.0 Å². The summed E-state index contributed by atoms with van der Waals surface area (Å²) in [5, 5.41) is 9.51. The summed E-state index contributed by atoms with van der Waals surface area (Å²) >= 11 is 3.72. The Labute approximate surface area is 645 Å². The predicted molar refractivity (Wildman–Crippen MR) is 459 cm³/mol. The van der Waals surface area contributed by atoms with Crippen LogP contribution in [0.2, 0.25) is 0 Å². The Hall–Kier alpha value is -13.9. The van der Waals surface area contributed by atoms with Crippen molar-refractivity contribution in [2.24, 2.45) is 0 Å². The number of fused-ring (bicyclic) bond motifs is 8. The summed E-state index contributed by atoms with van der Waals surface area (Å²) in [5.41, 5.74) is 20.6. The molecule has 4 aromatic heterocycles. The van der Waals surface area contributed by atoms with Crippen LogP contribution in [0.3, 0.4) is 0 Å². The van der Waals surface area contributed by atoms with Crippen molar-refractivity contribution in [3.05, 3.63) is 393 Å². The van der Waals surface area contributed by atoms with Gasteiger partial charge in [-0.2, -0.15) is 0 Å². The average molecular weight is 1480 g/mol. The minimum absolute atomic E-state index is 0. The minimum Gasteiger partial charge on any atom is -0.412 e. The molecule has 0 spiro atoms. The van der Waals surface area contributed by atoms with Crippen molar-refractivity contribution in [1.29, 1.82) is 0 Å².